The molecule has 0 aromatic rings. The SMILES string of the molecule is BC(CCCC=C)CC(CCC)C(C)OC. The van der Waals surface area contributed by atoms with Crippen molar-refractivity contribution >= 4 is 7.85 Å². The monoisotopic (exact) mass is 224 g/mol. The molecule has 2 heteroatoms. The smallest absolute Gasteiger partial charge is 0.105 e. The molecule has 0 aliphatic rings. The summed E-state index contributed by atoms with van der Waals surface area (Å²) in [7, 11) is 4.20. The van der Waals surface area contributed by atoms with Crippen molar-refractivity contribution in [1.29, 1.82) is 0 Å². The third-order valence-electron chi connectivity index (χ3n) is 3.51. The molecule has 0 N–H and O–H groups in total. The van der Waals surface area contributed by atoms with E-state index in [2.05, 4.69) is 28.3 Å². The topological polar surface area (TPSA) is 9.23 Å². The summed E-state index contributed by atoms with van der Waals surface area (Å²) >= 11 is 0. The van der Waals surface area contributed by atoms with Gasteiger partial charge < -0.3 is 4.74 Å². The van der Waals surface area contributed by atoms with Gasteiger partial charge in [-0.2, -0.15) is 0 Å². The molecule has 0 bridgehead atoms. The van der Waals surface area contributed by atoms with Crippen LogP contribution in [-0.2, 0) is 4.74 Å². The number of hydrogen-bond donors (Lipinski definition) is 0. The van der Waals surface area contributed by atoms with E-state index < -0.39 is 0 Å². The van der Waals surface area contributed by atoms with E-state index in [0.29, 0.717) is 6.10 Å². The first-order chi connectivity index (χ1) is 7.65. The second kappa shape index (κ2) is 9.95. The maximum Gasteiger partial charge on any atom is 0.105 e. The zero-order valence-electron chi connectivity index (χ0n) is 11.7. The summed E-state index contributed by atoms with van der Waals surface area (Å²) in [6.45, 7) is 8.24. The summed E-state index contributed by atoms with van der Waals surface area (Å²) in [5.74, 6) is 1.54. The molecule has 0 heterocycles. The lowest BCUT2D eigenvalue weighted by Crippen LogP contribution is -2.21. The second-order valence-electron chi connectivity index (χ2n) is 5.05. The number of hydrogen-bond acceptors (Lipinski definition) is 1. The Morgan fingerprint density at radius 3 is 2.56 bits per heavy atom. The molecule has 0 radical (unpaired) electrons. The Bertz CT molecular complexity index is 170. The largest absolute Gasteiger partial charge is 0.381 e. The third kappa shape index (κ3) is 7.11. The van der Waals surface area contributed by atoms with E-state index in [1.165, 1.54) is 32.1 Å². The number of unbranched alkanes of at least 4 members (excludes halogenated alkanes) is 1. The molecule has 0 amide bonds. The summed E-state index contributed by atoms with van der Waals surface area (Å²) < 4.78 is 5.48. The molecule has 0 saturated heterocycles. The Balaban J connectivity index is 3.91. The highest BCUT2D eigenvalue weighted by Crippen LogP contribution is 2.27. The highest BCUT2D eigenvalue weighted by molar-refractivity contribution is 6.11. The first-order valence-corrected chi connectivity index (χ1v) is 6.79. The van der Waals surface area contributed by atoms with Gasteiger partial charge in [0.2, 0.25) is 0 Å². The van der Waals surface area contributed by atoms with E-state index in [1.807, 2.05) is 13.2 Å². The standard InChI is InChI=1S/C14H29BO/c1-5-7-8-10-14(15)11-13(9-6-2)12(3)16-4/h5,12-14H,1,6-11,15H2,2-4H3. The summed E-state index contributed by atoms with van der Waals surface area (Å²) in [6, 6.07) is 0. The minimum absolute atomic E-state index is 0.404. The van der Waals surface area contributed by atoms with Crippen LogP contribution in [-0.4, -0.2) is 21.1 Å². The van der Waals surface area contributed by atoms with E-state index >= 15 is 0 Å². The van der Waals surface area contributed by atoms with Crippen molar-refractivity contribution in [3.8, 4) is 0 Å². The summed E-state index contributed by atoms with van der Waals surface area (Å²) in [4.78, 5) is 0. The van der Waals surface area contributed by atoms with E-state index in [4.69, 9.17) is 4.74 Å². The fraction of sp³-hybridized carbons (Fsp3) is 0.857. The van der Waals surface area contributed by atoms with Crippen LogP contribution in [0.5, 0.6) is 0 Å². The van der Waals surface area contributed by atoms with Gasteiger partial charge in [-0.05, 0) is 25.7 Å². The van der Waals surface area contributed by atoms with Crippen molar-refractivity contribution in [1.82, 2.24) is 0 Å². The Hall–Kier alpha value is -0.235. The molecule has 0 rings (SSSR count). The molecule has 0 fully saturated rings. The lowest BCUT2D eigenvalue weighted by molar-refractivity contribution is 0.0581. The first-order valence-electron chi connectivity index (χ1n) is 6.79. The lowest BCUT2D eigenvalue weighted by Gasteiger charge is -2.25. The van der Waals surface area contributed by atoms with Gasteiger partial charge in [-0.1, -0.05) is 44.5 Å². The maximum atomic E-state index is 5.48. The molecule has 94 valence electrons. The van der Waals surface area contributed by atoms with Crippen LogP contribution in [0.2, 0.25) is 5.82 Å². The summed E-state index contributed by atoms with van der Waals surface area (Å²) in [5.41, 5.74) is 0. The molecular formula is C14H29BO. The fourth-order valence-corrected chi connectivity index (χ4v) is 2.35. The van der Waals surface area contributed by atoms with Gasteiger partial charge in [0.1, 0.15) is 7.85 Å². The molecule has 16 heavy (non-hydrogen) atoms. The number of ether oxygens (including phenoxy) is 1. The highest BCUT2D eigenvalue weighted by Gasteiger charge is 2.18. The number of allylic oxidation sites excluding steroid dienone is 1. The highest BCUT2D eigenvalue weighted by atomic mass is 16.5. The van der Waals surface area contributed by atoms with Crippen LogP contribution in [0.25, 0.3) is 0 Å². The van der Waals surface area contributed by atoms with E-state index in [0.717, 1.165) is 18.2 Å². The van der Waals surface area contributed by atoms with Crippen molar-refractivity contribution in [3.63, 3.8) is 0 Å². The van der Waals surface area contributed by atoms with Crippen LogP contribution in [0, 0.1) is 5.92 Å². The van der Waals surface area contributed by atoms with Gasteiger partial charge >= 0.3 is 0 Å². The molecule has 0 saturated carbocycles. The minimum Gasteiger partial charge on any atom is -0.381 e. The third-order valence-corrected chi connectivity index (χ3v) is 3.51. The lowest BCUT2D eigenvalue weighted by atomic mass is 9.74. The van der Waals surface area contributed by atoms with Gasteiger partial charge in [-0.25, -0.2) is 0 Å². The van der Waals surface area contributed by atoms with Gasteiger partial charge in [-0.15, -0.1) is 6.58 Å². The first kappa shape index (κ1) is 15.8. The molecule has 3 unspecified atom stereocenters. The summed E-state index contributed by atoms with van der Waals surface area (Å²) in [6.07, 6.45) is 10.0. The molecule has 0 aromatic carbocycles. The zero-order valence-corrected chi connectivity index (χ0v) is 11.7. The molecule has 1 nitrogen and oxygen atoms in total. The van der Waals surface area contributed by atoms with Gasteiger partial charge in [0.25, 0.3) is 0 Å². The molecule has 3 atom stereocenters. The Morgan fingerprint density at radius 1 is 1.38 bits per heavy atom. The quantitative estimate of drug-likeness (QED) is 0.313. The fourth-order valence-electron chi connectivity index (χ4n) is 2.35. The van der Waals surface area contributed by atoms with E-state index in [-0.39, 0.29) is 0 Å². The molecule has 0 aromatic heterocycles. The van der Waals surface area contributed by atoms with E-state index in [1.54, 1.807) is 0 Å². The van der Waals surface area contributed by atoms with Crippen LogP contribution in [0.1, 0.15) is 52.4 Å². The predicted octanol–water partition coefficient (Wildman–Crippen LogP) is 3.61. The number of rotatable bonds is 10. The molecular weight excluding hydrogens is 195 g/mol. The van der Waals surface area contributed by atoms with Crippen LogP contribution in [0.3, 0.4) is 0 Å². The van der Waals surface area contributed by atoms with Crippen LogP contribution < -0.4 is 0 Å². The predicted molar refractivity (Wildman–Crippen MR) is 75.8 cm³/mol. The second-order valence-corrected chi connectivity index (χ2v) is 5.05. The number of methoxy groups -OCH3 is 1. The van der Waals surface area contributed by atoms with Crippen LogP contribution in [0.15, 0.2) is 12.7 Å². The van der Waals surface area contributed by atoms with Crippen LogP contribution >= 0.6 is 0 Å². The average molecular weight is 224 g/mol. The van der Waals surface area contributed by atoms with Crippen molar-refractivity contribution in [2.45, 2.75) is 64.3 Å². The molecule has 0 aliphatic heterocycles. The zero-order chi connectivity index (χ0) is 12.4. The van der Waals surface area contributed by atoms with Gasteiger partial charge in [0.05, 0.1) is 6.10 Å². The summed E-state index contributed by atoms with van der Waals surface area (Å²) in [5, 5.41) is 0. The Labute approximate surface area is 103 Å². The average Bonchev–Trinajstić information content (AvgIpc) is 2.28. The van der Waals surface area contributed by atoms with Crippen molar-refractivity contribution in [2.24, 2.45) is 5.92 Å². The van der Waals surface area contributed by atoms with Crippen molar-refractivity contribution in [3.05, 3.63) is 12.7 Å². The van der Waals surface area contributed by atoms with E-state index in [9.17, 15) is 0 Å². The van der Waals surface area contributed by atoms with Crippen molar-refractivity contribution < 1.29 is 4.74 Å². The van der Waals surface area contributed by atoms with Crippen LogP contribution in [0.4, 0.5) is 0 Å². The Morgan fingerprint density at radius 2 is 2.06 bits per heavy atom. The molecule has 0 spiro atoms. The normalized spacial score (nSPS) is 16.7. The Kier molecular flexibility index (Phi) is 9.81. The van der Waals surface area contributed by atoms with Gasteiger partial charge in [0, 0.05) is 7.11 Å². The molecule has 0 aliphatic carbocycles. The van der Waals surface area contributed by atoms with Gasteiger partial charge in [0.15, 0.2) is 0 Å². The maximum absolute atomic E-state index is 5.48. The minimum atomic E-state index is 0.404. The van der Waals surface area contributed by atoms with Crippen molar-refractivity contribution in [2.75, 3.05) is 7.11 Å². The van der Waals surface area contributed by atoms with Gasteiger partial charge in [-0.3, -0.25) is 0 Å².